The summed E-state index contributed by atoms with van der Waals surface area (Å²) in [5.41, 5.74) is 7.56. The van der Waals surface area contributed by atoms with Gasteiger partial charge in [-0.3, -0.25) is 4.79 Å². The Morgan fingerprint density at radius 3 is 2.62 bits per heavy atom. The Kier molecular flexibility index (Phi) is 7.60. The molecule has 3 rings (SSSR count). The Labute approximate surface area is 160 Å². The maximum Gasteiger partial charge on any atom is 0.229 e. The van der Waals surface area contributed by atoms with Crippen LogP contribution in [-0.2, 0) is 17.8 Å². The first-order chi connectivity index (χ1) is 12.2. The average Bonchev–Trinajstić information content (AvgIpc) is 3.10. The molecule has 1 atom stereocenters. The third-order valence-corrected chi connectivity index (χ3v) is 4.76. The number of halogens is 1. The van der Waals surface area contributed by atoms with E-state index in [4.69, 9.17) is 10.3 Å². The molecule has 0 saturated heterocycles. The van der Waals surface area contributed by atoms with Gasteiger partial charge in [0.25, 0.3) is 0 Å². The van der Waals surface area contributed by atoms with E-state index in [1.54, 1.807) is 0 Å². The van der Waals surface area contributed by atoms with Crippen molar-refractivity contribution in [3.8, 4) is 11.4 Å². The molecule has 142 valence electrons. The second kappa shape index (κ2) is 9.69. The van der Waals surface area contributed by atoms with E-state index in [2.05, 4.69) is 15.5 Å². The van der Waals surface area contributed by atoms with Crippen molar-refractivity contribution in [2.45, 2.75) is 58.0 Å². The predicted molar refractivity (Wildman–Crippen MR) is 103 cm³/mol. The van der Waals surface area contributed by atoms with Gasteiger partial charge in [0.2, 0.25) is 17.6 Å². The molecular weight excluding hydrogens is 352 g/mol. The Bertz CT molecular complexity index is 696. The first-order valence-electron chi connectivity index (χ1n) is 9.08. The summed E-state index contributed by atoms with van der Waals surface area (Å²) in [6.07, 6.45) is 6.09. The molecule has 26 heavy (non-hydrogen) atoms. The van der Waals surface area contributed by atoms with E-state index in [0.29, 0.717) is 24.7 Å². The Morgan fingerprint density at radius 1 is 1.27 bits per heavy atom. The van der Waals surface area contributed by atoms with Crippen molar-refractivity contribution in [2.24, 2.45) is 11.7 Å². The Morgan fingerprint density at radius 2 is 1.96 bits per heavy atom. The Hall–Kier alpha value is -1.92. The number of carbonyl (C=O) groups is 1. The monoisotopic (exact) mass is 378 g/mol. The van der Waals surface area contributed by atoms with Crippen molar-refractivity contribution in [3.63, 3.8) is 0 Å². The molecule has 1 unspecified atom stereocenters. The second-order valence-electron chi connectivity index (χ2n) is 6.86. The molecule has 1 aromatic heterocycles. The van der Waals surface area contributed by atoms with E-state index in [9.17, 15) is 4.79 Å². The van der Waals surface area contributed by atoms with E-state index < -0.39 is 0 Å². The molecule has 6 nitrogen and oxygen atoms in total. The first kappa shape index (κ1) is 20.4. The third kappa shape index (κ3) is 5.29. The van der Waals surface area contributed by atoms with E-state index in [-0.39, 0.29) is 30.3 Å². The molecule has 1 heterocycles. The van der Waals surface area contributed by atoms with Gasteiger partial charge in [0, 0.05) is 30.5 Å². The first-order valence-corrected chi connectivity index (χ1v) is 9.08. The summed E-state index contributed by atoms with van der Waals surface area (Å²) in [5, 5.41) is 7.12. The summed E-state index contributed by atoms with van der Waals surface area (Å²) < 4.78 is 5.34. The number of carbonyl (C=O) groups excluding carboxylic acids is 1. The highest BCUT2D eigenvalue weighted by Gasteiger charge is 2.23. The number of aromatic nitrogens is 2. The molecule has 1 amide bonds. The van der Waals surface area contributed by atoms with Gasteiger partial charge in [-0.2, -0.15) is 4.98 Å². The van der Waals surface area contributed by atoms with Crippen LogP contribution < -0.4 is 11.1 Å². The lowest BCUT2D eigenvalue weighted by Gasteiger charge is -2.22. The highest BCUT2D eigenvalue weighted by molar-refractivity contribution is 5.85. The Balaban J connectivity index is 0.00000243. The van der Waals surface area contributed by atoms with Gasteiger partial charge in [-0.25, -0.2) is 0 Å². The molecule has 1 aliphatic rings. The minimum absolute atomic E-state index is 0. The van der Waals surface area contributed by atoms with Crippen molar-refractivity contribution < 1.29 is 9.32 Å². The summed E-state index contributed by atoms with van der Waals surface area (Å²) in [6, 6.07) is 7.76. The number of rotatable bonds is 6. The lowest BCUT2D eigenvalue weighted by Crippen LogP contribution is -2.39. The van der Waals surface area contributed by atoms with Gasteiger partial charge in [-0.15, -0.1) is 12.4 Å². The number of nitrogens with zero attached hydrogens (tertiary/aromatic N) is 2. The standard InChI is InChI=1S/C19H26N4O2.ClH/c1-13(21-19(24)16-5-3-2-4-6-16)11-17-22-18(23-25-17)15-9-7-14(12-20)8-10-15;/h7-10,13,16H,2-6,11-12,20H2,1H3,(H,21,24);1H. The maximum atomic E-state index is 12.3. The number of amides is 1. The third-order valence-electron chi connectivity index (χ3n) is 4.76. The SMILES string of the molecule is CC(Cc1nc(-c2ccc(CN)cc2)no1)NC(=O)C1CCCCC1.Cl. The summed E-state index contributed by atoms with van der Waals surface area (Å²) >= 11 is 0. The van der Waals surface area contributed by atoms with Gasteiger partial charge < -0.3 is 15.6 Å². The normalized spacial score (nSPS) is 15.9. The van der Waals surface area contributed by atoms with Crippen LogP contribution in [0, 0.1) is 5.92 Å². The molecule has 3 N–H and O–H groups in total. The van der Waals surface area contributed by atoms with Crippen LogP contribution in [0.1, 0.15) is 50.5 Å². The summed E-state index contributed by atoms with van der Waals surface area (Å²) in [4.78, 5) is 16.7. The van der Waals surface area contributed by atoms with Gasteiger partial charge in [-0.05, 0) is 25.3 Å². The number of benzene rings is 1. The zero-order chi connectivity index (χ0) is 17.6. The van der Waals surface area contributed by atoms with Crippen LogP contribution in [0.2, 0.25) is 0 Å². The van der Waals surface area contributed by atoms with Crippen molar-refractivity contribution in [3.05, 3.63) is 35.7 Å². The zero-order valence-corrected chi connectivity index (χ0v) is 15.9. The lowest BCUT2D eigenvalue weighted by atomic mass is 9.88. The molecule has 2 aromatic rings. The molecule has 0 aliphatic heterocycles. The minimum atomic E-state index is -0.0256. The number of nitrogens with one attached hydrogen (secondary N) is 1. The van der Waals surface area contributed by atoms with Crippen LogP contribution in [0.3, 0.4) is 0 Å². The van der Waals surface area contributed by atoms with Gasteiger partial charge in [0.15, 0.2) is 0 Å². The van der Waals surface area contributed by atoms with Crippen LogP contribution in [0.25, 0.3) is 11.4 Å². The fourth-order valence-electron chi connectivity index (χ4n) is 3.28. The van der Waals surface area contributed by atoms with Gasteiger partial charge in [0.05, 0.1) is 0 Å². The molecule has 1 saturated carbocycles. The fraction of sp³-hybridized carbons (Fsp3) is 0.526. The van der Waals surface area contributed by atoms with Crippen molar-refractivity contribution in [1.82, 2.24) is 15.5 Å². The van der Waals surface area contributed by atoms with Crippen LogP contribution >= 0.6 is 12.4 Å². The molecule has 1 aliphatic carbocycles. The average molecular weight is 379 g/mol. The molecule has 0 spiro atoms. The fourth-order valence-corrected chi connectivity index (χ4v) is 3.28. The molecule has 1 fully saturated rings. The zero-order valence-electron chi connectivity index (χ0n) is 15.1. The van der Waals surface area contributed by atoms with E-state index >= 15 is 0 Å². The van der Waals surface area contributed by atoms with Crippen molar-refractivity contribution in [2.75, 3.05) is 0 Å². The minimum Gasteiger partial charge on any atom is -0.353 e. The second-order valence-corrected chi connectivity index (χ2v) is 6.86. The highest BCUT2D eigenvalue weighted by Crippen LogP contribution is 2.24. The van der Waals surface area contributed by atoms with E-state index in [1.165, 1.54) is 6.42 Å². The van der Waals surface area contributed by atoms with Crippen molar-refractivity contribution >= 4 is 18.3 Å². The molecular formula is C19H27ClN4O2. The van der Waals surface area contributed by atoms with Crippen LogP contribution in [0.5, 0.6) is 0 Å². The van der Waals surface area contributed by atoms with Gasteiger partial charge in [0.1, 0.15) is 0 Å². The van der Waals surface area contributed by atoms with Crippen LogP contribution in [-0.4, -0.2) is 22.1 Å². The van der Waals surface area contributed by atoms with Crippen molar-refractivity contribution in [1.29, 1.82) is 0 Å². The van der Waals surface area contributed by atoms with Crippen LogP contribution in [0.15, 0.2) is 28.8 Å². The quantitative estimate of drug-likeness (QED) is 0.804. The lowest BCUT2D eigenvalue weighted by molar-refractivity contribution is -0.126. The largest absolute Gasteiger partial charge is 0.353 e. The molecule has 0 radical (unpaired) electrons. The van der Waals surface area contributed by atoms with E-state index in [0.717, 1.165) is 36.8 Å². The molecule has 1 aromatic carbocycles. The van der Waals surface area contributed by atoms with E-state index in [1.807, 2.05) is 31.2 Å². The van der Waals surface area contributed by atoms with Gasteiger partial charge in [-0.1, -0.05) is 48.7 Å². The topological polar surface area (TPSA) is 94.0 Å². The molecule has 7 heteroatoms. The number of nitrogens with two attached hydrogens (primary N) is 1. The van der Waals surface area contributed by atoms with Crippen LogP contribution in [0.4, 0.5) is 0 Å². The smallest absolute Gasteiger partial charge is 0.229 e. The highest BCUT2D eigenvalue weighted by atomic mass is 35.5. The van der Waals surface area contributed by atoms with Gasteiger partial charge >= 0.3 is 0 Å². The number of hydrogen-bond donors (Lipinski definition) is 2. The summed E-state index contributed by atoms with van der Waals surface area (Å²) in [7, 11) is 0. The summed E-state index contributed by atoms with van der Waals surface area (Å²) in [6.45, 7) is 2.48. The predicted octanol–water partition coefficient (Wildman–Crippen LogP) is 3.24. The summed E-state index contributed by atoms with van der Waals surface area (Å²) in [5.74, 6) is 1.42. The molecule has 0 bridgehead atoms. The number of hydrogen-bond acceptors (Lipinski definition) is 5. The maximum absolute atomic E-state index is 12.3.